The summed E-state index contributed by atoms with van der Waals surface area (Å²) in [5.74, 6) is -0.0787. The van der Waals surface area contributed by atoms with Crippen molar-refractivity contribution in [1.29, 1.82) is 5.26 Å². The van der Waals surface area contributed by atoms with Crippen LogP contribution in [0.15, 0.2) is 71.0 Å². The maximum Gasteiger partial charge on any atom is 0.338 e. The number of rotatable bonds is 7. The number of carboxylic acid groups (broad SMARTS) is 1. The molecule has 0 saturated heterocycles. The van der Waals surface area contributed by atoms with Crippen LogP contribution in [-0.2, 0) is 6.54 Å². The summed E-state index contributed by atoms with van der Waals surface area (Å²) in [5, 5.41) is 21.9. The van der Waals surface area contributed by atoms with Gasteiger partial charge in [0.2, 0.25) is 0 Å². The zero-order valence-corrected chi connectivity index (χ0v) is 24.5. The fourth-order valence-corrected chi connectivity index (χ4v) is 6.26. The Labute approximate surface area is 254 Å². The minimum absolute atomic E-state index is 0.110. The zero-order valence-electron chi connectivity index (χ0n) is 23.0. The van der Waals surface area contributed by atoms with Crippen molar-refractivity contribution < 1.29 is 14.6 Å². The molecule has 43 heavy (non-hydrogen) atoms. The molecule has 11 heteroatoms. The number of fused-ring (bicyclic) bond motifs is 2. The van der Waals surface area contributed by atoms with Gasteiger partial charge in [-0.15, -0.1) is 11.3 Å². The Hall–Kier alpha value is -5.11. The largest absolute Gasteiger partial charge is 0.491 e. The molecule has 0 radical (unpaired) electrons. The van der Waals surface area contributed by atoms with Gasteiger partial charge in [-0.05, 0) is 38.1 Å². The first-order chi connectivity index (χ1) is 20.8. The molecule has 0 saturated carbocycles. The quantitative estimate of drug-likeness (QED) is 0.213. The van der Waals surface area contributed by atoms with Crippen LogP contribution in [-0.4, -0.2) is 37.2 Å². The van der Waals surface area contributed by atoms with Crippen LogP contribution >= 0.6 is 22.9 Å². The van der Waals surface area contributed by atoms with Crippen molar-refractivity contribution in [3.63, 3.8) is 0 Å². The fraction of sp³-hybridized carbons (Fsp3) is 0.125. The number of halogens is 1. The molecule has 2 aromatic carbocycles. The number of ether oxygens (including phenoxy) is 1. The highest BCUT2D eigenvalue weighted by Crippen LogP contribution is 2.40. The number of carboxylic acids is 1. The van der Waals surface area contributed by atoms with Crippen LogP contribution in [0.3, 0.4) is 0 Å². The monoisotopic (exact) mass is 607 g/mol. The number of nitriles is 1. The normalized spacial score (nSPS) is 11.1. The number of pyridine rings is 2. The Kier molecular flexibility index (Phi) is 7.36. The van der Waals surface area contributed by atoms with Gasteiger partial charge in [0, 0.05) is 32.8 Å². The van der Waals surface area contributed by atoms with Gasteiger partial charge in [0.25, 0.3) is 5.56 Å². The van der Waals surface area contributed by atoms with Crippen molar-refractivity contribution in [1.82, 2.24) is 19.5 Å². The van der Waals surface area contributed by atoms with E-state index in [1.54, 1.807) is 37.4 Å². The number of hydrogen-bond acceptors (Lipinski definition) is 8. The van der Waals surface area contributed by atoms with Crippen LogP contribution in [0.25, 0.3) is 43.5 Å². The molecule has 6 rings (SSSR count). The van der Waals surface area contributed by atoms with Crippen LogP contribution in [0, 0.1) is 25.2 Å². The van der Waals surface area contributed by atoms with E-state index in [9.17, 15) is 20.0 Å². The molecule has 9 nitrogen and oxygen atoms in total. The van der Waals surface area contributed by atoms with Gasteiger partial charge in [-0.3, -0.25) is 19.3 Å². The molecule has 0 amide bonds. The van der Waals surface area contributed by atoms with Crippen molar-refractivity contribution in [3.8, 4) is 34.2 Å². The van der Waals surface area contributed by atoms with Gasteiger partial charge < -0.3 is 9.84 Å². The Morgan fingerprint density at radius 2 is 1.91 bits per heavy atom. The van der Waals surface area contributed by atoms with Gasteiger partial charge in [-0.25, -0.2) is 9.78 Å². The van der Waals surface area contributed by atoms with Crippen molar-refractivity contribution in [2.24, 2.45) is 0 Å². The molecule has 0 aliphatic rings. The molecule has 0 atom stereocenters. The van der Waals surface area contributed by atoms with E-state index in [1.807, 2.05) is 36.4 Å². The molecule has 0 bridgehead atoms. The van der Waals surface area contributed by atoms with Crippen LogP contribution in [0.5, 0.6) is 5.75 Å². The third-order valence-electron chi connectivity index (χ3n) is 7.04. The molecular weight excluding hydrogens is 586 g/mol. The fourth-order valence-electron chi connectivity index (χ4n) is 5.08. The molecule has 0 aliphatic heterocycles. The molecule has 4 heterocycles. The van der Waals surface area contributed by atoms with Gasteiger partial charge in [-0.1, -0.05) is 41.9 Å². The number of carbonyl (C=O) groups is 1. The second-order valence-electron chi connectivity index (χ2n) is 9.77. The number of aryl methyl sites for hydroxylation is 2. The first kappa shape index (κ1) is 28.0. The molecule has 6 aromatic rings. The maximum absolute atomic E-state index is 13.7. The average Bonchev–Trinajstić information content (AvgIpc) is 3.43. The van der Waals surface area contributed by atoms with E-state index in [2.05, 4.69) is 21.0 Å². The summed E-state index contributed by atoms with van der Waals surface area (Å²) >= 11 is 7.67. The van der Waals surface area contributed by atoms with Gasteiger partial charge in [0.1, 0.15) is 24.3 Å². The topological polar surface area (TPSA) is 131 Å². The molecule has 1 N–H and O–H groups in total. The van der Waals surface area contributed by atoms with Gasteiger partial charge in [0.15, 0.2) is 0 Å². The van der Waals surface area contributed by atoms with Crippen LogP contribution in [0.1, 0.15) is 27.4 Å². The summed E-state index contributed by atoms with van der Waals surface area (Å²) in [6.07, 6.45) is 1.52. The number of aromatic nitrogens is 4. The first-order valence-electron chi connectivity index (χ1n) is 13.2. The molecule has 0 spiro atoms. The predicted molar refractivity (Wildman–Crippen MR) is 166 cm³/mol. The molecule has 0 unspecified atom stereocenters. The lowest BCUT2D eigenvalue weighted by Gasteiger charge is -2.16. The molecule has 4 aromatic heterocycles. The van der Waals surface area contributed by atoms with Crippen molar-refractivity contribution in [2.45, 2.75) is 20.4 Å². The smallest absolute Gasteiger partial charge is 0.338 e. The molecule has 0 fully saturated rings. The van der Waals surface area contributed by atoms with E-state index in [1.165, 1.54) is 22.1 Å². The summed E-state index contributed by atoms with van der Waals surface area (Å²) < 4.78 is 8.40. The van der Waals surface area contributed by atoms with Crippen molar-refractivity contribution >= 4 is 50.0 Å². The highest BCUT2D eigenvalue weighted by atomic mass is 35.5. The number of nitrogens with zero attached hydrogens (tertiary/aromatic N) is 5. The van der Waals surface area contributed by atoms with Crippen LogP contribution in [0.2, 0.25) is 5.02 Å². The highest BCUT2D eigenvalue weighted by Gasteiger charge is 2.20. The Bertz CT molecular complexity index is 2170. The summed E-state index contributed by atoms with van der Waals surface area (Å²) in [5.41, 5.74) is 3.93. The third kappa shape index (κ3) is 5.09. The highest BCUT2D eigenvalue weighted by molar-refractivity contribution is 7.18. The summed E-state index contributed by atoms with van der Waals surface area (Å²) in [6.45, 7) is 3.79. The SMILES string of the molecule is Cc1cc(-c2cc(Cl)ccc2OCCn2c(C)nc3cnc(-c4ccccc4)c(C#N)c3c2=O)c2scc(C(=O)O)c2n1. The average molecular weight is 608 g/mol. The van der Waals surface area contributed by atoms with E-state index in [0.29, 0.717) is 49.3 Å². The number of aromatic carboxylic acids is 1. The zero-order chi connectivity index (χ0) is 30.2. The summed E-state index contributed by atoms with van der Waals surface area (Å²) in [6, 6.07) is 18.5. The Morgan fingerprint density at radius 1 is 1.12 bits per heavy atom. The second-order valence-corrected chi connectivity index (χ2v) is 11.1. The van der Waals surface area contributed by atoms with Gasteiger partial charge in [-0.2, -0.15) is 5.26 Å². The number of hydrogen-bond donors (Lipinski definition) is 1. The van der Waals surface area contributed by atoms with Crippen molar-refractivity contribution in [2.75, 3.05) is 6.61 Å². The Balaban J connectivity index is 1.36. The standard InChI is InChI=1S/C32H22ClN5O4S/c1-17-12-22(30-29(36-17)24(16-43-30)32(40)41)21-13-20(33)8-9-26(21)42-11-10-38-18(2)37-25-15-35-28(19-6-4-3-5-7-19)23(14-34)27(25)31(38)39/h3-9,12-13,15-16H,10-11H2,1-2H3,(H,40,41). The maximum atomic E-state index is 13.7. The lowest BCUT2D eigenvalue weighted by molar-refractivity contribution is 0.0699. The van der Waals surface area contributed by atoms with E-state index in [4.69, 9.17) is 16.3 Å². The molecule has 212 valence electrons. The van der Waals surface area contributed by atoms with Gasteiger partial charge in [0.05, 0.1) is 50.7 Å². The number of thiophene rings is 1. The molecule has 0 aliphatic carbocycles. The van der Waals surface area contributed by atoms with E-state index < -0.39 is 5.97 Å². The lowest BCUT2D eigenvalue weighted by Crippen LogP contribution is -2.27. The summed E-state index contributed by atoms with van der Waals surface area (Å²) in [4.78, 5) is 39.0. The van der Waals surface area contributed by atoms with Crippen LogP contribution in [0.4, 0.5) is 0 Å². The minimum atomic E-state index is -1.05. The predicted octanol–water partition coefficient (Wildman–Crippen LogP) is 6.65. The van der Waals surface area contributed by atoms with Crippen LogP contribution < -0.4 is 10.3 Å². The second kappa shape index (κ2) is 11.3. The Morgan fingerprint density at radius 3 is 2.65 bits per heavy atom. The van der Waals surface area contributed by atoms with E-state index >= 15 is 0 Å². The van der Waals surface area contributed by atoms with E-state index in [-0.39, 0.29) is 35.2 Å². The molecular formula is C32H22ClN5O4S. The van der Waals surface area contributed by atoms with Crippen molar-refractivity contribution in [3.05, 3.63) is 104 Å². The lowest BCUT2D eigenvalue weighted by atomic mass is 10.0. The minimum Gasteiger partial charge on any atom is -0.491 e. The summed E-state index contributed by atoms with van der Waals surface area (Å²) in [7, 11) is 0. The first-order valence-corrected chi connectivity index (χ1v) is 14.4. The van der Waals surface area contributed by atoms with E-state index in [0.717, 1.165) is 11.1 Å². The third-order valence-corrected chi connectivity index (χ3v) is 8.27. The number of benzene rings is 2. The van der Waals surface area contributed by atoms with Gasteiger partial charge >= 0.3 is 5.97 Å².